The molecule has 0 fully saturated rings. The van der Waals surface area contributed by atoms with Crippen molar-refractivity contribution in [1.29, 1.82) is 0 Å². The van der Waals surface area contributed by atoms with Crippen molar-refractivity contribution in [2.75, 3.05) is 6.61 Å². The van der Waals surface area contributed by atoms with Crippen molar-refractivity contribution in [1.82, 2.24) is 0 Å². The maximum absolute atomic E-state index is 12.7. The van der Waals surface area contributed by atoms with Gasteiger partial charge in [0.05, 0.1) is 6.61 Å². The van der Waals surface area contributed by atoms with E-state index in [1.165, 1.54) is 0 Å². The molecule has 0 aliphatic carbocycles. The fourth-order valence-corrected chi connectivity index (χ4v) is 1.09. The first kappa shape index (κ1) is 14.2. The summed E-state index contributed by atoms with van der Waals surface area (Å²) in [6.45, 7) is -0.291. The van der Waals surface area contributed by atoms with Gasteiger partial charge in [-0.05, 0) is 24.1 Å². The third kappa shape index (κ3) is 3.70. The van der Waals surface area contributed by atoms with E-state index in [4.69, 9.17) is 10.8 Å². The molecule has 0 aliphatic heterocycles. The molecule has 0 aliphatic rings. The number of hydrogen-bond donors (Lipinski definition) is 2. The van der Waals surface area contributed by atoms with E-state index in [0.717, 1.165) is 12.1 Å². The number of aliphatic hydroxyl groups excluding tert-OH is 1. The van der Waals surface area contributed by atoms with Gasteiger partial charge in [0, 0.05) is 6.04 Å². The minimum absolute atomic E-state index is 0. The van der Waals surface area contributed by atoms with E-state index >= 15 is 0 Å². The Labute approximate surface area is 91.3 Å². The first-order valence-corrected chi connectivity index (χ1v) is 4.04. The Bertz CT molecular complexity index is 312. The van der Waals surface area contributed by atoms with Crippen molar-refractivity contribution in [3.05, 3.63) is 35.1 Å². The number of halogens is 4. The highest BCUT2D eigenvalue weighted by Crippen LogP contribution is 2.14. The van der Waals surface area contributed by atoms with Gasteiger partial charge >= 0.3 is 0 Å². The van der Waals surface area contributed by atoms with E-state index in [2.05, 4.69) is 0 Å². The van der Waals surface area contributed by atoms with Crippen LogP contribution < -0.4 is 5.73 Å². The minimum atomic E-state index is -1.49. The summed E-state index contributed by atoms with van der Waals surface area (Å²) in [5.74, 6) is -3.98. The van der Waals surface area contributed by atoms with Crippen LogP contribution in [-0.2, 0) is 6.42 Å². The molecule has 0 saturated carbocycles. The molecule has 1 aromatic carbocycles. The van der Waals surface area contributed by atoms with Crippen molar-refractivity contribution in [3.8, 4) is 0 Å². The molecular formula is C9H11ClF3NO. The topological polar surface area (TPSA) is 46.2 Å². The van der Waals surface area contributed by atoms with Crippen LogP contribution >= 0.6 is 12.4 Å². The van der Waals surface area contributed by atoms with Crippen LogP contribution in [0, 0.1) is 17.5 Å². The van der Waals surface area contributed by atoms with Gasteiger partial charge in [-0.2, -0.15) is 0 Å². The van der Waals surface area contributed by atoms with E-state index in [1.807, 2.05) is 0 Å². The third-order valence-electron chi connectivity index (χ3n) is 1.78. The average molecular weight is 242 g/mol. The lowest BCUT2D eigenvalue weighted by Gasteiger charge is -2.08. The molecular weight excluding hydrogens is 231 g/mol. The van der Waals surface area contributed by atoms with Gasteiger partial charge < -0.3 is 10.8 Å². The smallest absolute Gasteiger partial charge is 0.194 e. The molecule has 0 bridgehead atoms. The summed E-state index contributed by atoms with van der Waals surface area (Å²) >= 11 is 0. The lowest BCUT2D eigenvalue weighted by atomic mass is 10.1. The normalized spacial score (nSPS) is 12.1. The SMILES string of the molecule is Cl.N[C@@H](CO)Cc1cc(F)c(F)c(F)c1. The van der Waals surface area contributed by atoms with E-state index < -0.39 is 23.5 Å². The Morgan fingerprint density at radius 1 is 1.20 bits per heavy atom. The van der Waals surface area contributed by atoms with Gasteiger partial charge in [-0.25, -0.2) is 13.2 Å². The highest BCUT2D eigenvalue weighted by Gasteiger charge is 2.11. The monoisotopic (exact) mass is 241 g/mol. The van der Waals surface area contributed by atoms with Crippen molar-refractivity contribution < 1.29 is 18.3 Å². The second-order valence-corrected chi connectivity index (χ2v) is 3.02. The molecule has 0 unspecified atom stereocenters. The van der Waals surface area contributed by atoms with Gasteiger partial charge in [-0.15, -0.1) is 12.4 Å². The quantitative estimate of drug-likeness (QED) is 0.786. The summed E-state index contributed by atoms with van der Waals surface area (Å²) in [6, 6.07) is 1.14. The predicted octanol–water partition coefficient (Wildman–Crippen LogP) is 1.39. The van der Waals surface area contributed by atoms with Gasteiger partial charge in [0.2, 0.25) is 0 Å². The average Bonchev–Trinajstić information content (AvgIpc) is 2.14. The summed E-state index contributed by atoms with van der Waals surface area (Å²) in [5, 5.41) is 8.60. The second kappa shape index (κ2) is 5.95. The van der Waals surface area contributed by atoms with Crippen molar-refractivity contribution >= 4 is 12.4 Å². The van der Waals surface area contributed by atoms with Crippen LogP contribution in [0.15, 0.2) is 12.1 Å². The molecule has 0 amide bonds. The lowest BCUT2D eigenvalue weighted by molar-refractivity contribution is 0.265. The molecule has 1 atom stereocenters. The van der Waals surface area contributed by atoms with Gasteiger partial charge in [0.15, 0.2) is 17.5 Å². The maximum Gasteiger partial charge on any atom is 0.194 e. The molecule has 1 aromatic rings. The molecule has 0 heterocycles. The summed E-state index contributed by atoms with van der Waals surface area (Å²) in [7, 11) is 0. The van der Waals surface area contributed by atoms with Crippen LogP contribution in [0.25, 0.3) is 0 Å². The molecule has 0 aromatic heterocycles. The van der Waals surface area contributed by atoms with Crippen molar-refractivity contribution in [2.24, 2.45) is 5.73 Å². The van der Waals surface area contributed by atoms with E-state index in [1.54, 1.807) is 0 Å². The Kier molecular flexibility index (Phi) is 5.64. The summed E-state index contributed by atoms with van der Waals surface area (Å²) < 4.78 is 37.9. The number of benzene rings is 1. The fourth-order valence-electron chi connectivity index (χ4n) is 1.09. The zero-order valence-corrected chi connectivity index (χ0v) is 8.53. The third-order valence-corrected chi connectivity index (χ3v) is 1.78. The van der Waals surface area contributed by atoms with E-state index in [0.29, 0.717) is 0 Å². The summed E-state index contributed by atoms with van der Waals surface area (Å²) in [4.78, 5) is 0. The first-order chi connectivity index (χ1) is 6.54. The molecule has 0 spiro atoms. The highest BCUT2D eigenvalue weighted by molar-refractivity contribution is 5.85. The molecule has 6 heteroatoms. The van der Waals surface area contributed by atoms with E-state index in [9.17, 15) is 13.2 Å². The minimum Gasteiger partial charge on any atom is -0.395 e. The van der Waals surface area contributed by atoms with E-state index in [-0.39, 0.29) is 31.0 Å². The fraction of sp³-hybridized carbons (Fsp3) is 0.333. The zero-order valence-electron chi connectivity index (χ0n) is 7.71. The highest BCUT2D eigenvalue weighted by atomic mass is 35.5. The van der Waals surface area contributed by atoms with Crippen LogP contribution in [0.4, 0.5) is 13.2 Å². The number of nitrogens with two attached hydrogens (primary N) is 1. The van der Waals surface area contributed by atoms with Crippen LogP contribution in [0.3, 0.4) is 0 Å². The van der Waals surface area contributed by atoms with Gasteiger partial charge in [-0.3, -0.25) is 0 Å². The first-order valence-electron chi connectivity index (χ1n) is 4.04. The van der Waals surface area contributed by atoms with Crippen LogP contribution in [0.2, 0.25) is 0 Å². The maximum atomic E-state index is 12.7. The molecule has 15 heavy (non-hydrogen) atoms. The number of aliphatic hydroxyl groups is 1. The lowest BCUT2D eigenvalue weighted by Crippen LogP contribution is -2.26. The predicted molar refractivity (Wildman–Crippen MR) is 52.3 cm³/mol. The van der Waals surface area contributed by atoms with Crippen molar-refractivity contribution in [3.63, 3.8) is 0 Å². The Hall–Kier alpha value is -0.780. The van der Waals surface area contributed by atoms with Crippen LogP contribution in [0.1, 0.15) is 5.56 Å². The van der Waals surface area contributed by atoms with Gasteiger partial charge in [-0.1, -0.05) is 0 Å². The number of rotatable bonds is 3. The molecule has 2 nitrogen and oxygen atoms in total. The summed E-state index contributed by atoms with van der Waals surface area (Å²) in [6.07, 6.45) is 0.102. The van der Waals surface area contributed by atoms with Gasteiger partial charge in [0.25, 0.3) is 0 Å². The zero-order chi connectivity index (χ0) is 10.7. The summed E-state index contributed by atoms with van der Waals surface area (Å²) in [5.41, 5.74) is 5.58. The molecule has 0 saturated heterocycles. The standard InChI is InChI=1S/C9H10F3NO.ClH/c10-7-2-5(1-6(13)4-14)3-8(11)9(7)12;/h2-3,6,14H,1,4,13H2;1H/t6-;/m1./s1. The Morgan fingerprint density at radius 2 is 1.67 bits per heavy atom. The molecule has 86 valence electrons. The Balaban J connectivity index is 0.00000196. The largest absolute Gasteiger partial charge is 0.395 e. The Morgan fingerprint density at radius 3 is 2.07 bits per heavy atom. The second-order valence-electron chi connectivity index (χ2n) is 3.02. The van der Waals surface area contributed by atoms with Gasteiger partial charge in [0.1, 0.15) is 0 Å². The van der Waals surface area contributed by atoms with Crippen molar-refractivity contribution in [2.45, 2.75) is 12.5 Å². The molecule has 1 rings (SSSR count). The molecule has 0 radical (unpaired) electrons. The molecule has 3 N–H and O–H groups in total. The number of hydrogen-bond acceptors (Lipinski definition) is 2. The van der Waals surface area contributed by atoms with Crippen LogP contribution in [-0.4, -0.2) is 17.8 Å². The van der Waals surface area contributed by atoms with Crippen LogP contribution in [0.5, 0.6) is 0 Å².